The van der Waals surface area contributed by atoms with Crippen molar-refractivity contribution in [3.05, 3.63) is 16.1 Å². The molecule has 0 saturated carbocycles. The molecule has 108 valence electrons. The zero-order valence-corrected chi connectivity index (χ0v) is 13.1. The second-order valence-electron chi connectivity index (χ2n) is 4.74. The van der Waals surface area contributed by atoms with Crippen molar-refractivity contribution in [2.75, 3.05) is 24.6 Å². The average Bonchev–Trinajstić information content (AvgIpc) is 2.74. The van der Waals surface area contributed by atoms with Crippen molar-refractivity contribution >= 4 is 38.8 Å². The summed E-state index contributed by atoms with van der Waals surface area (Å²) >= 11 is 1.35. The first kappa shape index (κ1) is 14.6. The highest BCUT2D eigenvalue weighted by molar-refractivity contribution is 7.21. The third kappa shape index (κ3) is 2.10. The fourth-order valence-corrected chi connectivity index (χ4v) is 3.47. The molecule has 0 aliphatic heterocycles. The van der Waals surface area contributed by atoms with Crippen LogP contribution in [0, 0.1) is 13.8 Å². The largest absolute Gasteiger partial charge is 0.397 e. The molecule has 2 aromatic rings. The van der Waals surface area contributed by atoms with E-state index in [1.165, 1.54) is 11.3 Å². The molecule has 2 rings (SSSR count). The third-order valence-corrected chi connectivity index (χ3v) is 4.70. The van der Waals surface area contributed by atoms with Crippen molar-refractivity contribution in [3.8, 4) is 0 Å². The Hall–Kier alpha value is -1.82. The standard InChI is InChI=1S/C14H20N4OS/c1-5-18(6-2)14(19)12-11(16)9-7(3)10(15)8(4)17-13(9)20-12/h5-6,15-16H2,1-4H3. The molecule has 5 nitrogen and oxygen atoms in total. The molecule has 0 unspecified atom stereocenters. The number of rotatable bonds is 3. The van der Waals surface area contributed by atoms with Crippen LogP contribution in [0.5, 0.6) is 0 Å². The summed E-state index contributed by atoms with van der Waals surface area (Å²) in [7, 11) is 0. The van der Waals surface area contributed by atoms with Gasteiger partial charge in [0.15, 0.2) is 0 Å². The van der Waals surface area contributed by atoms with Gasteiger partial charge in [0.05, 0.1) is 17.1 Å². The molecule has 2 heterocycles. The van der Waals surface area contributed by atoms with E-state index in [2.05, 4.69) is 4.98 Å². The Bertz CT molecular complexity index is 674. The first-order valence-electron chi connectivity index (χ1n) is 6.66. The highest BCUT2D eigenvalue weighted by Crippen LogP contribution is 2.38. The minimum absolute atomic E-state index is 0.0360. The van der Waals surface area contributed by atoms with Crippen molar-refractivity contribution in [2.24, 2.45) is 0 Å². The van der Waals surface area contributed by atoms with Crippen LogP contribution < -0.4 is 11.5 Å². The maximum atomic E-state index is 12.5. The summed E-state index contributed by atoms with van der Waals surface area (Å²) in [5, 5.41) is 0.814. The van der Waals surface area contributed by atoms with Crippen LogP contribution in [0.3, 0.4) is 0 Å². The Morgan fingerprint density at radius 3 is 2.35 bits per heavy atom. The number of aryl methyl sites for hydroxylation is 2. The number of nitrogens with zero attached hydrogens (tertiary/aromatic N) is 2. The molecule has 0 bridgehead atoms. The number of hydrogen-bond donors (Lipinski definition) is 2. The second-order valence-corrected chi connectivity index (χ2v) is 5.74. The van der Waals surface area contributed by atoms with Gasteiger partial charge in [0.1, 0.15) is 9.71 Å². The lowest BCUT2D eigenvalue weighted by atomic mass is 10.1. The Labute approximate surface area is 122 Å². The summed E-state index contributed by atoms with van der Waals surface area (Å²) in [5.74, 6) is -0.0360. The Kier molecular flexibility index (Phi) is 3.85. The van der Waals surface area contributed by atoms with Crippen molar-refractivity contribution in [3.63, 3.8) is 0 Å². The zero-order chi connectivity index (χ0) is 15.0. The molecule has 0 radical (unpaired) electrons. The first-order chi connectivity index (χ1) is 9.42. The van der Waals surface area contributed by atoms with Crippen LogP contribution in [0.1, 0.15) is 34.8 Å². The molecule has 0 saturated heterocycles. The van der Waals surface area contributed by atoms with Gasteiger partial charge in [-0.3, -0.25) is 4.79 Å². The molecular formula is C14H20N4OS. The van der Waals surface area contributed by atoms with E-state index >= 15 is 0 Å². The summed E-state index contributed by atoms with van der Waals surface area (Å²) in [6.45, 7) is 9.02. The van der Waals surface area contributed by atoms with E-state index in [1.54, 1.807) is 4.90 Å². The van der Waals surface area contributed by atoms with Gasteiger partial charge in [-0.15, -0.1) is 11.3 Å². The number of aromatic nitrogens is 1. The van der Waals surface area contributed by atoms with E-state index in [9.17, 15) is 4.79 Å². The molecule has 0 spiro atoms. The molecule has 1 amide bonds. The number of carbonyl (C=O) groups is 1. The molecule has 0 fully saturated rings. The van der Waals surface area contributed by atoms with Gasteiger partial charge in [-0.05, 0) is 33.3 Å². The summed E-state index contributed by atoms with van der Waals surface area (Å²) in [5.41, 5.74) is 15.0. The van der Waals surface area contributed by atoms with E-state index in [0.717, 1.165) is 21.5 Å². The lowest BCUT2D eigenvalue weighted by Gasteiger charge is -2.17. The minimum atomic E-state index is -0.0360. The number of fused-ring (bicyclic) bond motifs is 1. The van der Waals surface area contributed by atoms with Crippen molar-refractivity contribution < 1.29 is 4.79 Å². The Morgan fingerprint density at radius 2 is 1.80 bits per heavy atom. The monoisotopic (exact) mass is 292 g/mol. The molecule has 0 aliphatic carbocycles. The fraction of sp³-hybridized carbons (Fsp3) is 0.429. The van der Waals surface area contributed by atoms with Crippen LogP contribution in [0.25, 0.3) is 10.2 Å². The fourth-order valence-electron chi connectivity index (χ4n) is 2.30. The summed E-state index contributed by atoms with van der Waals surface area (Å²) in [6, 6.07) is 0. The predicted octanol–water partition coefficient (Wildman–Crippen LogP) is 2.56. The lowest BCUT2D eigenvalue weighted by Crippen LogP contribution is -2.30. The molecule has 2 aromatic heterocycles. The van der Waals surface area contributed by atoms with Gasteiger partial charge in [-0.1, -0.05) is 0 Å². The highest BCUT2D eigenvalue weighted by atomic mass is 32.1. The molecule has 0 aromatic carbocycles. The molecule has 4 N–H and O–H groups in total. The van der Waals surface area contributed by atoms with Crippen LogP contribution >= 0.6 is 11.3 Å². The molecule has 0 atom stereocenters. The number of amides is 1. The SMILES string of the molecule is CCN(CC)C(=O)c1sc2nc(C)c(N)c(C)c2c1N. The maximum Gasteiger partial charge on any atom is 0.266 e. The van der Waals surface area contributed by atoms with Crippen molar-refractivity contribution in [1.29, 1.82) is 0 Å². The van der Waals surface area contributed by atoms with E-state index in [-0.39, 0.29) is 5.91 Å². The number of thiophene rings is 1. The minimum Gasteiger partial charge on any atom is -0.397 e. The summed E-state index contributed by atoms with van der Waals surface area (Å²) < 4.78 is 0. The Balaban J connectivity index is 2.66. The molecule has 0 aliphatic rings. The van der Waals surface area contributed by atoms with Crippen LogP contribution in [0.4, 0.5) is 11.4 Å². The van der Waals surface area contributed by atoms with Gasteiger partial charge < -0.3 is 16.4 Å². The number of hydrogen-bond acceptors (Lipinski definition) is 5. The normalized spacial score (nSPS) is 11.0. The zero-order valence-electron chi connectivity index (χ0n) is 12.3. The summed E-state index contributed by atoms with van der Waals surface area (Å²) in [4.78, 5) is 20.0. The first-order valence-corrected chi connectivity index (χ1v) is 7.47. The van der Waals surface area contributed by atoms with E-state index in [4.69, 9.17) is 11.5 Å². The van der Waals surface area contributed by atoms with Crippen LogP contribution in [-0.4, -0.2) is 28.9 Å². The third-order valence-electron chi connectivity index (χ3n) is 3.61. The van der Waals surface area contributed by atoms with Crippen LogP contribution in [0.2, 0.25) is 0 Å². The van der Waals surface area contributed by atoms with E-state index < -0.39 is 0 Å². The smallest absolute Gasteiger partial charge is 0.266 e. The lowest BCUT2D eigenvalue weighted by molar-refractivity contribution is 0.0779. The molecule has 6 heteroatoms. The number of nitrogens with two attached hydrogens (primary N) is 2. The van der Waals surface area contributed by atoms with Gasteiger partial charge >= 0.3 is 0 Å². The van der Waals surface area contributed by atoms with Gasteiger partial charge in [0, 0.05) is 18.5 Å². The van der Waals surface area contributed by atoms with Gasteiger partial charge in [0.2, 0.25) is 0 Å². The second kappa shape index (κ2) is 5.28. The van der Waals surface area contributed by atoms with E-state index in [1.807, 2.05) is 27.7 Å². The van der Waals surface area contributed by atoms with Gasteiger partial charge in [0.25, 0.3) is 5.91 Å². The highest BCUT2D eigenvalue weighted by Gasteiger charge is 2.23. The van der Waals surface area contributed by atoms with E-state index in [0.29, 0.717) is 29.3 Å². The number of pyridine rings is 1. The summed E-state index contributed by atoms with van der Waals surface area (Å²) in [6.07, 6.45) is 0. The van der Waals surface area contributed by atoms with Crippen LogP contribution in [-0.2, 0) is 0 Å². The average molecular weight is 292 g/mol. The predicted molar refractivity (Wildman–Crippen MR) is 85.2 cm³/mol. The molecular weight excluding hydrogens is 272 g/mol. The number of anilines is 2. The Morgan fingerprint density at radius 1 is 1.20 bits per heavy atom. The van der Waals surface area contributed by atoms with Crippen LogP contribution in [0.15, 0.2) is 0 Å². The topological polar surface area (TPSA) is 85.2 Å². The molecule has 20 heavy (non-hydrogen) atoms. The van der Waals surface area contributed by atoms with Crippen molar-refractivity contribution in [1.82, 2.24) is 9.88 Å². The number of carbonyl (C=O) groups excluding carboxylic acids is 1. The quantitative estimate of drug-likeness (QED) is 0.910. The van der Waals surface area contributed by atoms with Crippen molar-refractivity contribution in [2.45, 2.75) is 27.7 Å². The maximum absolute atomic E-state index is 12.5. The van der Waals surface area contributed by atoms with Gasteiger partial charge in [-0.25, -0.2) is 4.98 Å². The number of nitrogen functional groups attached to an aromatic ring is 2. The van der Waals surface area contributed by atoms with Gasteiger partial charge in [-0.2, -0.15) is 0 Å².